The molecular weight excluding hydrogens is 558 g/mol. The van der Waals surface area contributed by atoms with E-state index >= 15 is 0 Å². The van der Waals surface area contributed by atoms with Crippen LogP contribution >= 0.6 is 15.9 Å². The van der Waals surface area contributed by atoms with Gasteiger partial charge in [0.25, 0.3) is 5.56 Å². The van der Waals surface area contributed by atoms with Gasteiger partial charge in [0.2, 0.25) is 5.82 Å². The number of hydrogen-bond acceptors (Lipinski definition) is 6. The Kier molecular flexibility index (Phi) is 6.69. The zero-order chi connectivity index (χ0) is 26.8. The lowest BCUT2D eigenvalue weighted by Gasteiger charge is -2.10. The Morgan fingerprint density at radius 3 is 2.54 bits per heavy atom. The van der Waals surface area contributed by atoms with Crippen LogP contribution in [0, 0.1) is 0 Å². The summed E-state index contributed by atoms with van der Waals surface area (Å²) in [4.78, 5) is 18.4. The molecule has 0 fully saturated rings. The number of nitrogens with zero attached hydrogens (tertiary/aromatic N) is 3. The highest BCUT2D eigenvalue weighted by molar-refractivity contribution is 9.10. The second-order valence-electron chi connectivity index (χ2n) is 8.75. The molecule has 0 spiro atoms. The Morgan fingerprint density at radius 2 is 1.69 bits per heavy atom. The van der Waals surface area contributed by atoms with Crippen LogP contribution in [0.5, 0.6) is 11.5 Å². The van der Waals surface area contributed by atoms with E-state index in [2.05, 4.69) is 21.0 Å². The van der Waals surface area contributed by atoms with E-state index in [1.165, 1.54) is 4.68 Å². The molecule has 0 N–H and O–H groups in total. The molecule has 0 aliphatic carbocycles. The molecule has 2 heterocycles. The summed E-state index contributed by atoms with van der Waals surface area (Å²) in [5.74, 6) is 1.98. The second-order valence-corrected chi connectivity index (χ2v) is 9.67. The van der Waals surface area contributed by atoms with Gasteiger partial charge in [-0.3, -0.25) is 4.79 Å². The molecule has 0 aliphatic rings. The van der Waals surface area contributed by atoms with Crippen LogP contribution in [0.4, 0.5) is 0 Å². The normalized spacial score (nSPS) is 11.4. The first-order valence-corrected chi connectivity index (χ1v) is 13.0. The average molecular weight is 580 g/mol. The molecule has 0 amide bonds. The highest BCUT2D eigenvalue weighted by Crippen LogP contribution is 2.33. The predicted octanol–water partition coefficient (Wildman–Crippen LogP) is 7.04. The molecule has 192 valence electrons. The largest absolute Gasteiger partial charge is 0.496 e. The monoisotopic (exact) mass is 579 g/mol. The highest BCUT2D eigenvalue weighted by atomic mass is 79.9. The summed E-state index contributed by atoms with van der Waals surface area (Å²) in [5.41, 5.74) is 2.60. The van der Waals surface area contributed by atoms with E-state index in [4.69, 9.17) is 18.9 Å². The average Bonchev–Trinajstić information content (AvgIpc) is 3.41. The van der Waals surface area contributed by atoms with Crippen LogP contribution in [0.1, 0.15) is 11.1 Å². The van der Waals surface area contributed by atoms with Crippen molar-refractivity contribution in [3.8, 4) is 23.1 Å². The molecule has 0 saturated carbocycles. The molecule has 0 bridgehead atoms. The van der Waals surface area contributed by atoms with Crippen molar-refractivity contribution >= 4 is 44.0 Å². The number of ether oxygens (including phenoxy) is 2. The first kappa shape index (κ1) is 24.6. The Morgan fingerprint density at radius 1 is 0.923 bits per heavy atom. The van der Waals surface area contributed by atoms with Gasteiger partial charge in [-0.2, -0.15) is 9.78 Å². The molecule has 0 aliphatic heterocycles. The number of aromatic nitrogens is 2. The van der Waals surface area contributed by atoms with Crippen molar-refractivity contribution in [2.45, 2.75) is 6.61 Å². The number of fused-ring (bicyclic) bond motifs is 2. The maximum absolute atomic E-state index is 13.6. The minimum atomic E-state index is -0.312. The van der Waals surface area contributed by atoms with Crippen LogP contribution in [-0.2, 0) is 6.61 Å². The molecule has 7 nitrogen and oxygen atoms in total. The fourth-order valence-corrected chi connectivity index (χ4v) is 4.56. The Bertz CT molecular complexity index is 1890. The summed E-state index contributed by atoms with van der Waals surface area (Å²) in [6.45, 7) is 0.391. The van der Waals surface area contributed by atoms with E-state index in [-0.39, 0.29) is 11.4 Å². The quantitative estimate of drug-likeness (QED) is 0.189. The summed E-state index contributed by atoms with van der Waals surface area (Å²) in [6.07, 6.45) is 1.60. The van der Waals surface area contributed by atoms with E-state index in [9.17, 15) is 4.79 Å². The van der Waals surface area contributed by atoms with Crippen LogP contribution in [0.25, 0.3) is 33.5 Å². The van der Waals surface area contributed by atoms with Gasteiger partial charge in [-0.25, -0.2) is 4.98 Å². The number of methoxy groups -OCH3 is 1. The fourth-order valence-electron chi connectivity index (χ4n) is 4.29. The van der Waals surface area contributed by atoms with Crippen LogP contribution < -0.4 is 15.0 Å². The van der Waals surface area contributed by atoms with Crippen molar-refractivity contribution in [1.82, 2.24) is 9.66 Å². The third-order valence-electron chi connectivity index (χ3n) is 6.25. The van der Waals surface area contributed by atoms with Crippen molar-refractivity contribution in [3.63, 3.8) is 0 Å². The maximum atomic E-state index is 13.6. The van der Waals surface area contributed by atoms with Gasteiger partial charge in [0.1, 0.15) is 23.7 Å². The molecule has 0 unspecified atom stereocenters. The number of furan rings is 1. The molecule has 4 aromatic carbocycles. The highest BCUT2D eigenvalue weighted by Gasteiger charge is 2.18. The van der Waals surface area contributed by atoms with Crippen molar-refractivity contribution in [2.24, 2.45) is 5.10 Å². The molecule has 6 aromatic rings. The topological polar surface area (TPSA) is 78.9 Å². The summed E-state index contributed by atoms with van der Waals surface area (Å²) in [5, 5.41) is 5.81. The second kappa shape index (κ2) is 10.6. The first-order valence-electron chi connectivity index (χ1n) is 12.2. The van der Waals surface area contributed by atoms with Crippen LogP contribution in [-0.4, -0.2) is 23.0 Å². The molecule has 6 rings (SSSR count). The SMILES string of the molecule is COc1cccc2oc(-c3nc4ccccc4c(=O)n3N=Cc3ccccc3OCc3ccc(Br)cc3)cc12. The van der Waals surface area contributed by atoms with Crippen LogP contribution in [0.15, 0.2) is 116 Å². The summed E-state index contributed by atoms with van der Waals surface area (Å²) in [6, 6.07) is 30.0. The van der Waals surface area contributed by atoms with E-state index in [0.717, 1.165) is 15.4 Å². The van der Waals surface area contributed by atoms with Crippen molar-refractivity contribution < 1.29 is 13.9 Å². The lowest BCUT2D eigenvalue weighted by Crippen LogP contribution is -2.20. The fraction of sp³-hybridized carbons (Fsp3) is 0.0645. The van der Waals surface area contributed by atoms with Crippen molar-refractivity contribution in [1.29, 1.82) is 0 Å². The Hall–Kier alpha value is -4.69. The minimum Gasteiger partial charge on any atom is -0.496 e. The third kappa shape index (κ3) is 4.94. The summed E-state index contributed by atoms with van der Waals surface area (Å²) in [7, 11) is 1.60. The third-order valence-corrected chi connectivity index (χ3v) is 6.78. The van der Waals surface area contributed by atoms with Gasteiger partial charge < -0.3 is 13.9 Å². The smallest absolute Gasteiger partial charge is 0.282 e. The lowest BCUT2D eigenvalue weighted by atomic mass is 10.2. The standard InChI is InChI=1S/C31H22BrN3O4/c1-37-27-11-6-12-28-24(27)17-29(39-28)30-34-25-9-4-3-8-23(25)31(36)35(30)33-18-21-7-2-5-10-26(21)38-19-20-13-15-22(32)16-14-20/h2-18H,19H2,1H3. The van der Waals surface area contributed by atoms with E-state index in [1.54, 1.807) is 31.5 Å². The molecule has 39 heavy (non-hydrogen) atoms. The van der Waals surface area contributed by atoms with Crippen LogP contribution in [0.3, 0.4) is 0 Å². The number of para-hydroxylation sites is 2. The van der Waals surface area contributed by atoms with Crippen molar-refractivity contribution in [2.75, 3.05) is 7.11 Å². The van der Waals surface area contributed by atoms with Gasteiger partial charge in [-0.1, -0.05) is 58.4 Å². The van der Waals surface area contributed by atoms with Gasteiger partial charge in [-0.15, -0.1) is 0 Å². The van der Waals surface area contributed by atoms with Gasteiger partial charge in [-0.05, 0) is 60.2 Å². The summed E-state index contributed by atoms with van der Waals surface area (Å²) < 4.78 is 20.0. The number of halogens is 1. The lowest BCUT2D eigenvalue weighted by molar-refractivity contribution is 0.306. The van der Waals surface area contributed by atoms with E-state index in [0.29, 0.717) is 45.9 Å². The van der Waals surface area contributed by atoms with Gasteiger partial charge in [0.05, 0.1) is 29.6 Å². The number of benzene rings is 4. The number of hydrogen-bond donors (Lipinski definition) is 0. The molecule has 0 saturated heterocycles. The van der Waals surface area contributed by atoms with Gasteiger partial charge in [0, 0.05) is 10.0 Å². The molecule has 8 heteroatoms. The van der Waals surface area contributed by atoms with Gasteiger partial charge in [0.15, 0.2) is 5.76 Å². The Labute approximate surface area is 232 Å². The maximum Gasteiger partial charge on any atom is 0.282 e. The predicted molar refractivity (Wildman–Crippen MR) is 156 cm³/mol. The van der Waals surface area contributed by atoms with Crippen LogP contribution in [0.2, 0.25) is 0 Å². The zero-order valence-corrected chi connectivity index (χ0v) is 22.5. The zero-order valence-electron chi connectivity index (χ0n) is 20.9. The summed E-state index contributed by atoms with van der Waals surface area (Å²) >= 11 is 3.45. The number of rotatable bonds is 7. The molecule has 0 radical (unpaired) electrons. The molecule has 2 aromatic heterocycles. The minimum absolute atomic E-state index is 0.279. The molecular formula is C31H22BrN3O4. The molecule has 0 atom stereocenters. The van der Waals surface area contributed by atoms with Gasteiger partial charge >= 0.3 is 0 Å². The first-order chi connectivity index (χ1) is 19.1. The van der Waals surface area contributed by atoms with Crippen molar-refractivity contribution in [3.05, 3.63) is 123 Å². The van der Waals surface area contributed by atoms with E-state index < -0.39 is 0 Å². The van der Waals surface area contributed by atoms with E-state index in [1.807, 2.05) is 78.9 Å². The Balaban J connectivity index is 1.43.